The van der Waals surface area contributed by atoms with Gasteiger partial charge in [0.15, 0.2) is 5.11 Å². The number of carbonyl (C=O) groups excluding carboxylic acids is 1. The van der Waals surface area contributed by atoms with Crippen LogP contribution in [0.3, 0.4) is 0 Å². The van der Waals surface area contributed by atoms with Crippen LogP contribution < -0.4 is 11.2 Å². The number of nitrogens with one attached hydrogen (secondary N) is 1. The Hall–Kier alpha value is -1.88. The lowest BCUT2D eigenvalue weighted by atomic mass is 10.2. The van der Waals surface area contributed by atoms with Gasteiger partial charge in [0.25, 0.3) is 5.91 Å². The summed E-state index contributed by atoms with van der Waals surface area (Å²) in [4.78, 5) is 11.7. The first kappa shape index (κ1) is 12.2. The molecule has 16 heavy (non-hydrogen) atoms. The first-order valence-corrected chi connectivity index (χ1v) is 5.10. The van der Waals surface area contributed by atoms with Crippen LogP contribution in [0.5, 0.6) is 0 Å². The molecule has 0 aliphatic rings. The maximum Gasteiger partial charge on any atom is 0.269 e. The summed E-state index contributed by atoms with van der Waals surface area (Å²) in [5.41, 5.74) is 8.58. The lowest BCUT2D eigenvalue weighted by Gasteiger charge is -2.21. The van der Waals surface area contributed by atoms with Crippen molar-refractivity contribution in [3.05, 3.63) is 48.6 Å². The van der Waals surface area contributed by atoms with Gasteiger partial charge in [-0.1, -0.05) is 24.3 Å². The first-order chi connectivity index (χ1) is 7.65. The molecule has 0 aromatic heterocycles. The molecule has 0 aliphatic carbocycles. The fraction of sp³-hybridized carbons (Fsp3) is 0.0909. The van der Waals surface area contributed by atoms with Crippen molar-refractivity contribution in [1.82, 2.24) is 10.4 Å². The monoisotopic (exact) mass is 235 g/mol. The third-order valence-corrected chi connectivity index (χ3v) is 2.07. The number of hydrogen-bond donors (Lipinski definition) is 2. The van der Waals surface area contributed by atoms with Gasteiger partial charge in [-0.15, -0.1) is 6.58 Å². The number of benzene rings is 1. The topological polar surface area (TPSA) is 58.4 Å². The van der Waals surface area contributed by atoms with Crippen LogP contribution in [-0.4, -0.2) is 22.6 Å². The molecule has 4 nitrogen and oxygen atoms in total. The molecule has 0 unspecified atom stereocenters. The van der Waals surface area contributed by atoms with Gasteiger partial charge in [0.2, 0.25) is 0 Å². The molecule has 1 amide bonds. The van der Waals surface area contributed by atoms with Crippen LogP contribution in [0.2, 0.25) is 0 Å². The highest BCUT2D eigenvalue weighted by atomic mass is 32.1. The second-order valence-electron chi connectivity index (χ2n) is 3.04. The molecule has 0 saturated heterocycles. The van der Waals surface area contributed by atoms with E-state index in [-0.39, 0.29) is 11.0 Å². The molecule has 1 aromatic carbocycles. The fourth-order valence-electron chi connectivity index (χ4n) is 1.10. The molecule has 1 rings (SSSR count). The second kappa shape index (κ2) is 5.87. The molecule has 0 fully saturated rings. The predicted octanol–water partition coefficient (Wildman–Crippen LogP) is 1.06. The summed E-state index contributed by atoms with van der Waals surface area (Å²) in [5, 5.41) is 1.46. The van der Waals surface area contributed by atoms with Crippen molar-refractivity contribution in [2.24, 2.45) is 5.73 Å². The van der Waals surface area contributed by atoms with Gasteiger partial charge in [-0.25, -0.2) is 0 Å². The quantitative estimate of drug-likeness (QED) is 0.467. The average Bonchev–Trinajstić information content (AvgIpc) is 2.29. The van der Waals surface area contributed by atoms with Crippen molar-refractivity contribution in [1.29, 1.82) is 0 Å². The number of hydrazine groups is 1. The molecule has 0 atom stereocenters. The van der Waals surface area contributed by atoms with Crippen molar-refractivity contribution in [3.8, 4) is 0 Å². The van der Waals surface area contributed by atoms with Gasteiger partial charge in [0.1, 0.15) is 0 Å². The number of hydrogen-bond acceptors (Lipinski definition) is 2. The highest BCUT2D eigenvalue weighted by Crippen LogP contribution is 1.98. The van der Waals surface area contributed by atoms with Crippen molar-refractivity contribution in [2.45, 2.75) is 0 Å². The minimum Gasteiger partial charge on any atom is -0.375 e. The maximum atomic E-state index is 11.7. The Kier molecular flexibility index (Phi) is 4.47. The summed E-state index contributed by atoms with van der Waals surface area (Å²) in [6.07, 6.45) is 1.60. The zero-order chi connectivity index (χ0) is 12.0. The first-order valence-electron chi connectivity index (χ1n) is 4.69. The zero-order valence-electron chi connectivity index (χ0n) is 8.72. The molecular weight excluding hydrogens is 222 g/mol. The molecule has 1 aromatic rings. The molecule has 0 saturated carbocycles. The van der Waals surface area contributed by atoms with E-state index in [1.165, 1.54) is 5.01 Å². The molecule has 5 heteroatoms. The molecule has 0 radical (unpaired) electrons. The number of amides is 1. The smallest absolute Gasteiger partial charge is 0.269 e. The molecule has 0 bridgehead atoms. The Balaban J connectivity index is 2.69. The number of thiocarbonyl (C=S) groups is 1. The van der Waals surface area contributed by atoms with E-state index in [0.717, 1.165) is 0 Å². The summed E-state index contributed by atoms with van der Waals surface area (Å²) in [6.45, 7) is 3.92. The van der Waals surface area contributed by atoms with Gasteiger partial charge in [0.05, 0.1) is 6.54 Å². The highest BCUT2D eigenvalue weighted by Gasteiger charge is 2.10. The Morgan fingerprint density at radius 3 is 2.62 bits per heavy atom. The van der Waals surface area contributed by atoms with Crippen molar-refractivity contribution < 1.29 is 4.79 Å². The molecule has 84 valence electrons. The number of rotatable bonds is 3. The van der Waals surface area contributed by atoms with Crippen LogP contribution in [-0.2, 0) is 0 Å². The van der Waals surface area contributed by atoms with E-state index in [0.29, 0.717) is 12.1 Å². The SMILES string of the molecule is C=CCN(NC(=O)c1ccccc1)C(N)=S. The minimum absolute atomic E-state index is 0.101. The predicted molar refractivity (Wildman–Crippen MR) is 67.6 cm³/mol. The van der Waals surface area contributed by atoms with E-state index < -0.39 is 0 Å². The molecule has 0 heterocycles. The molecule has 3 N–H and O–H groups in total. The van der Waals surface area contributed by atoms with Gasteiger partial charge >= 0.3 is 0 Å². The van der Waals surface area contributed by atoms with Gasteiger partial charge in [-0.3, -0.25) is 15.2 Å². The standard InChI is InChI=1S/C11H13N3OS/c1-2-8-14(11(12)16)13-10(15)9-6-4-3-5-7-9/h2-7H,1,8H2,(H2,12,16)(H,13,15). The Morgan fingerprint density at radius 2 is 2.12 bits per heavy atom. The van der Waals surface area contributed by atoms with Crippen LogP contribution in [0.4, 0.5) is 0 Å². The van der Waals surface area contributed by atoms with Crippen LogP contribution in [0.1, 0.15) is 10.4 Å². The summed E-state index contributed by atoms with van der Waals surface area (Å²) in [5.74, 6) is -0.254. The van der Waals surface area contributed by atoms with E-state index in [1.54, 1.807) is 30.3 Å². The summed E-state index contributed by atoms with van der Waals surface area (Å²) in [6, 6.07) is 8.83. The largest absolute Gasteiger partial charge is 0.375 e. The van der Waals surface area contributed by atoms with Gasteiger partial charge in [-0.05, 0) is 24.4 Å². The summed E-state index contributed by atoms with van der Waals surface area (Å²) < 4.78 is 0. The van der Waals surface area contributed by atoms with E-state index in [2.05, 4.69) is 12.0 Å². The van der Waals surface area contributed by atoms with Crippen molar-refractivity contribution in [3.63, 3.8) is 0 Å². The third-order valence-electron chi connectivity index (χ3n) is 1.85. The number of nitrogens with two attached hydrogens (primary N) is 1. The van der Waals surface area contributed by atoms with E-state index in [4.69, 9.17) is 18.0 Å². The summed E-state index contributed by atoms with van der Waals surface area (Å²) in [7, 11) is 0. The van der Waals surface area contributed by atoms with Crippen LogP contribution in [0.15, 0.2) is 43.0 Å². The minimum atomic E-state index is -0.254. The van der Waals surface area contributed by atoms with E-state index in [9.17, 15) is 4.79 Å². The zero-order valence-corrected chi connectivity index (χ0v) is 9.54. The Bertz CT molecular complexity index is 391. The third kappa shape index (κ3) is 3.36. The summed E-state index contributed by atoms with van der Waals surface area (Å²) >= 11 is 4.79. The lowest BCUT2D eigenvalue weighted by molar-refractivity contribution is 0.0879. The van der Waals surface area contributed by atoms with Gasteiger partial charge < -0.3 is 5.73 Å². The van der Waals surface area contributed by atoms with Crippen molar-refractivity contribution in [2.75, 3.05) is 6.54 Å². The number of nitrogens with zero attached hydrogens (tertiary/aromatic N) is 1. The van der Waals surface area contributed by atoms with Crippen LogP contribution >= 0.6 is 12.2 Å². The average molecular weight is 235 g/mol. The normalized spacial score (nSPS) is 9.25. The second-order valence-corrected chi connectivity index (χ2v) is 3.46. The number of carbonyl (C=O) groups is 1. The van der Waals surface area contributed by atoms with Crippen LogP contribution in [0, 0.1) is 0 Å². The fourth-order valence-corrected chi connectivity index (χ4v) is 1.22. The Labute approximate surface area is 99.7 Å². The van der Waals surface area contributed by atoms with Crippen LogP contribution in [0.25, 0.3) is 0 Å². The molecule has 0 spiro atoms. The molecule has 0 aliphatic heterocycles. The van der Waals surface area contributed by atoms with Gasteiger partial charge in [-0.2, -0.15) is 0 Å². The maximum absolute atomic E-state index is 11.7. The highest BCUT2D eigenvalue weighted by molar-refractivity contribution is 7.80. The van der Waals surface area contributed by atoms with E-state index >= 15 is 0 Å². The van der Waals surface area contributed by atoms with Gasteiger partial charge in [0, 0.05) is 5.56 Å². The molecular formula is C11H13N3OS. The van der Waals surface area contributed by atoms with Crippen molar-refractivity contribution >= 4 is 23.2 Å². The van der Waals surface area contributed by atoms with E-state index in [1.807, 2.05) is 6.07 Å². The lowest BCUT2D eigenvalue weighted by Crippen LogP contribution is -2.48. The Morgan fingerprint density at radius 1 is 1.50 bits per heavy atom.